The second kappa shape index (κ2) is 8.91. The Hall–Kier alpha value is -3.53. The molecule has 4 rings (SSSR count). The van der Waals surface area contributed by atoms with Crippen molar-refractivity contribution in [1.82, 2.24) is 19.7 Å². The van der Waals surface area contributed by atoms with E-state index in [0.29, 0.717) is 55.3 Å². The molecule has 0 radical (unpaired) electrons. The Morgan fingerprint density at radius 2 is 1.84 bits per heavy atom. The first kappa shape index (κ1) is 21.7. The number of carbonyl (C=O) groups excluding carboxylic acids is 2. The van der Waals surface area contributed by atoms with Gasteiger partial charge in [-0.15, -0.1) is 0 Å². The van der Waals surface area contributed by atoms with Crippen molar-refractivity contribution < 1.29 is 22.8 Å². The van der Waals surface area contributed by atoms with Crippen LogP contribution in [0, 0.1) is 11.6 Å². The number of carbonyl (C=O) groups is 2. The topological polar surface area (TPSA) is 81.9 Å². The molecule has 1 aliphatic heterocycles. The van der Waals surface area contributed by atoms with Gasteiger partial charge in [0.05, 0.1) is 12.2 Å². The molecule has 1 aliphatic rings. The number of halogens is 2. The maximum atomic E-state index is 13.8. The Morgan fingerprint density at radius 3 is 2.53 bits per heavy atom. The quantitative estimate of drug-likeness (QED) is 0.670. The molecular formula is C22H23F2N5O3. The van der Waals surface area contributed by atoms with Crippen molar-refractivity contribution in [1.29, 1.82) is 0 Å². The number of nitrogens with one attached hydrogen (secondary N) is 1. The molecular weight excluding hydrogens is 420 g/mol. The van der Waals surface area contributed by atoms with Crippen LogP contribution in [0.2, 0.25) is 0 Å². The minimum atomic E-state index is -0.816. The minimum absolute atomic E-state index is 0.0579. The zero-order valence-corrected chi connectivity index (χ0v) is 17.8. The number of amides is 3. The van der Waals surface area contributed by atoms with Gasteiger partial charge in [0.25, 0.3) is 5.91 Å². The van der Waals surface area contributed by atoms with Gasteiger partial charge in [-0.05, 0) is 30.3 Å². The Kier molecular flexibility index (Phi) is 6.04. The van der Waals surface area contributed by atoms with Crippen LogP contribution >= 0.6 is 0 Å². The lowest BCUT2D eigenvalue weighted by Crippen LogP contribution is -2.49. The number of hydrogen-bond donors (Lipinski definition) is 1. The highest BCUT2D eigenvalue weighted by Crippen LogP contribution is 2.20. The van der Waals surface area contributed by atoms with Crippen LogP contribution in [0.3, 0.4) is 0 Å². The Labute approximate surface area is 183 Å². The van der Waals surface area contributed by atoms with Crippen molar-refractivity contribution in [3.8, 4) is 0 Å². The highest BCUT2D eigenvalue weighted by molar-refractivity contribution is 5.96. The van der Waals surface area contributed by atoms with E-state index in [9.17, 15) is 18.4 Å². The largest absolute Gasteiger partial charge is 0.439 e. The number of aromatic nitrogens is 1. The van der Waals surface area contributed by atoms with E-state index in [0.717, 1.165) is 12.1 Å². The van der Waals surface area contributed by atoms with Crippen molar-refractivity contribution in [3.05, 3.63) is 59.5 Å². The van der Waals surface area contributed by atoms with Crippen molar-refractivity contribution in [2.45, 2.75) is 6.54 Å². The Bertz CT molecular complexity index is 1160. The number of piperazine rings is 1. The summed E-state index contributed by atoms with van der Waals surface area (Å²) < 4.78 is 32.6. The van der Waals surface area contributed by atoms with Crippen LogP contribution in [-0.4, -0.2) is 71.9 Å². The molecule has 1 N–H and O–H groups in total. The maximum Gasteiger partial charge on any atom is 0.322 e. The number of oxazole rings is 1. The molecule has 0 atom stereocenters. The summed E-state index contributed by atoms with van der Waals surface area (Å²) >= 11 is 0. The molecule has 0 spiro atoms. The normalized spacial score (nSPS) is 14.6. The molecule has 2 aromatic carbocycles. The molecule has 168 valence electrons. The molecule has 32 heavy (non-hydrogen) atoms. The van der Waals surface area contributed by atoms with E-state index in [4.69, 9.17) is 4.42 Å². The van der Waals surface area contributed by atoms with Gasteiger partial charge in [0, 0.05) is 51.9 Å². The molecule has 3 amide bonds. The predicted molar refractivity (Wildman–Crippen MR) is 114 cm³/mol. The summed E-state index contributed by atoms with van der Waals surface area (Å²) in [5.41, 5.74) is 1.71. The van der Waals surface area contributed by atoms with Crippen molar-refractivity contribution in [2.24, 2.45) is 0 Å². The van der Waals surface area contributed by atoms with Crippen molar-refractivity contribution in [3.63, 3.8) is 0 Å². The molecule has 8 nitrogen and oxygen atoms in total. The van der Waals surface area contributed by atoms with Crippen LogP contribution in [0.15, 0.2) is 40.8 Å². The average molecular weight is 443 g/mol. The summed E-state index contributed by atoms with van der Waals surface area (Å²) in [4.78, 5) is 34.2. The number of fused-ring (bicyclic) bond motifs is 1. The van der Waals surface area contributed by atoms with E-state index in [1.54, 1.807) is 37.2 Å². The van der Waals surface area contributed by atoms with Crippen LogP contribution < -0.4 is 5.32 Å². The first-order valence-electron chi connectivity index (χ1n) is 10.1. The van der Waals surface area contributed by atoms with Crippen molar-refractivity contribution >= 4 is 28.7 Å². The van der Waals surface area contributed by atoms with E-state index in [2.05, 4.69) is 15.2 Å². The van der Waals surface area contributed by atoms with Gasteiger partial charge in [-0.1, -0.05) is 0 Å². The molecule has 0 bridgehead atoms. The Morgan fingerprint density at radius 1 is 1.09 bits per heavy atom. The average Bonchev–Trinajstić information content (AvgIpc) is 3.17. The van der Waals surface area contributed by atoms with Crippen LogP contribution in [-0.2, 0) is 6.54 Å². The second-order valence-corrected chi connectivity index (χ2v) is 7.81. The summed E-state index contributed by atoms with van der Waals surface area (Å²) in [6.45, 7) is 2.52. The highest BCUT2D eigenvalue weighted by Gasteiger charge is 2.23. The molecule has 1 saturated heterocycles. The molecule has 3 aromatic rings. The van der Waals surface area contributed by atoms with E-state index in [-0.39, 0.29) is 11.6 Å². The number of benzene rings is 2. The number of hydrogen-bond acceptors (Lipinski definition) is 5. The third kappa shape index (κ3) is 4.70. The van der Waals surface area contributed by atoms with Crippen LogP contribution in [0.4, 0.5) is 19.3 Å². The lowest BCUT2D eigenvalue weighted by molar-refractivity contribution is 0.0827. The lowest BCUT2D eigenvalue weighted by atomic mass is 10.2. The summed E-state index contributed by atoms with van der Waals surface area (Å²) in [7, 11) is 3.38. The van der Waals surface area contributed by atoms with Crippen LogP contribution in [0.25, 0.3) is 11.1 Å². The molecule has 2 heterocycles. The number of nitrogens with zero attached hydrogens (tertiary/aromatic N) is 4. The summed E-state index contributed by atoms with van der Waals surface area (Å²) in [5, 5.41) is 2.48. The van der Waals surface area contributed by atoms with E-state index >= 15 is 0 Å². The van der Waals surface area contributed by atoms with Gasteiger partial charge in [-0.2, -0.15) is 0 Å². The number of urea groups is 1. The van der Waals surface area contributed by atoms with Gasteiger partial charge in [-0.3, -0.25) is 9.69 Å². The van der Waals surface area contributed by atoms with E-state index < -0.39 is 17.7 Å². The molecule has 0 saturated carbocycles. The fraction of sp³-hybridized carbons (Fsp3) is 0.318. The third-order valence-corrected chi connectivity index (χ3v) is 5.28. The number of rotatable bonds is 4. The SMILES string of the molecule is CN(C)C(=O)c1ccc2oc(CN3CCN(C(=O)Nc4ccc(F)cc4F)CC3)nc2c1. The first-order valence-corrected chi connectivity index (χ1v) is 10.1. The van der Waals surface area contributed by atoms with Gasteiger partial charge < -0.3 is 19.5 Å². The lowest BCUT2D eigenvalue weighted by Gasteiger charge is -2.34. The summed E-state index contributed by atoms with van der Waals surface area (Å²) in [6, 6.07) is 7.74. The van der Waals surface area contributed by atoms with Gasteiger partial charge in [0.15, 0.2) is 5.58 Å². The molecule has 0 aliphatic carbocycles. The maximum absolute atomic E-state index is 13.8. The molecule has 0 unspecified atom stereocenters. The zero-order chi connectivity index (χ0) is 22.8. The molecule has 1 fully saturated rings. The van der Waals surface area contributed by atoms with E-state index in [1.807, 2.05) is 0 Å². The smallest absolute Gasteiger partial charge is 0.322 e. The van der Waals surface area contributed by atoms with Gasteiger partial charge in [-0.25, -0.2) is 18.6 Å². The minimum Gasteiger partial charge on any atom is -0.439 e. The zero-order valence-electron chi connectivity index (χ0n) is 17.8. The predicted octanol–water partition coefficient (Wildman–Crippen LogP) is 3.16. The van der Waals surface area contributed by atoms with E-state index in [1.165, 1.54) is 11.0 Å². The van der Waals surface area contributed by atoms with Crippen molar-refractivity contribution in [2.75, 3.05) is 45.6 Å². The first-order chi connectivity index (χ1) is 15.3. The van der Waals surface area contributed by atoms with Gasteiger partial charge in [0.2, 0.25) is 5.89 Å². The highest BCUT2D eigenvalue weighted by atomic mass is 19.1. The third-order valence-electron chi connectivity index (χ3n) is 5.28. The monoisotopic (exact) mass is 443 g/mol. The second-order valence-electron chi connectivity index (χ2n) is 7.81. The molecule has 10 heteroatoms. The van der Waals surface area contributed by atoms with Gasteiger partial charge >= 0.3 is 6.03 Å². The van der Waals surface area contributed by atoms with Gasteiger partial charge in [0.1, 0.15) is 17.2 Å². The fourth-order valence-electron chi connectivity index (χ4n) is 3.52. The van der Waals surface area contributed by atoms with Crippen LogP contribution in [0.5, 0.6) is 0 Å². The Balaban J connectivity index is 1.34. The fourth-order valence-corrected chi connectivity index (χ4v) is 3.52. The summed E-state index contributed by atoms with van der Waals surface area (Å²) in [5.74, 6) is -1.09. The standard InChI is InChI=1S/C22H23F2N5O3/c1-27(2)21(30)14-3-6-19-18(11-14)25-20(32-19)13-28-7-9-29(10-8-28)22(31)26-17-5-4-15(23)12-16(17)24/h3-6,11-12H,7-10,13H2,1-2H3,(H,26,31). The number of anilines is 1. The van der Waals surface area contributed by atoms with Crippen LogP contribution in [0.1, 0.15) is 16.2 Å². The summed E-state index contributed by atoms with van der Waals surface area (Å²) in [6.07, 6.45) is 0. The molecule has 1 aromatic heterocycles.